The summed E-state index contributed by atoms with van der Waals surface area (Å²) in [6.45, 7) is 5.41. The molecule has 5 heteroatoms. The quantitative estimate of drug-likeness (QED) is 0.463. The van der Waals surface area contributed by atoms with Gasteiger partial charge in [-0.15, -0.1) is 0 Å². The number of rotatable bonds is 3. The van der Waals surface area contributed by atoms with E-state index in [0.717, 1.165) is 25.1 Å². The number of aryl methyl sites for hydroxylation is 1. The summed E-state index contributed by atoms with van der Waals surface area (Å²) in [5, 5.41) is 3.14. The lowest BCUT2D eigenvalue weighted by Crippen LogP contribution is -2.47. The molecule has 1 atom stereocenters. The van der Waals surface area contributed by atoms with Crippen LogP contribution in [0.3, 0.4) is 0 Å². The molecule has 176 valence electrons. The lowest BCUT2D eigenvalue weighted by Gasteiger charge is -2.33. The molecule has 4 aliphatic rings. The van der Waals surface area contributed by atoms with Gasteiger partial charge in [0.15, 0.2) is 0 Å². The number of carbonyl (C=O) groups excluding carboxylic acids is 2. The Morgan fingerprint density at radius 1 is 0.943 bits per heavy atom. The number of hydrogen-bond acceptors (Lipinski definition) is 3. The first-order valence-electron chi connectivity index (χ1n) is 12.4. The number of allylic oxidation sites excluding steroid dienone is 5. The topological polar surface area (TPSA) is 43.9 Å². The first kappa shape index (κ1) is 21.7. The number of anilines is 2. The molecular formula is C30H29N3O2. The first-order chi connectivity index (χ1) is 17.0. The number of hydrazine groups is 1. The van der Waals surface area contributed by atoms with Gasteiger partial charge in [0.25, 0.3) is 11.8 Å². The summed E-state index contributed by atoms with van der Waals surface area (Å²) in [7, 11) is 0. The number of carbonyl (C=O) groups is 2. The molecule has 5 nitrogen and oxygen atoms in total. The molecule has 0 spiro atoms. The summed E-state index contributed by atoms with van der Waals surface area (Å²) >= 11 is 0. The average molecular weight is 464 g/mol. The Hall–Kier alpha value is -3.86. The molecule has 2 aromatic carbocycles. The Labute approximate surface area is 206 Å². The molecule has 6 rings (SSSR count). The molecule has 0 saturated carbocycles. The van der Waals surface area contributed by atoms with Gasteiger partial charge in [0.2, 0.25) is 0 Å². The van der Waals surface area contributed by atoms with E-state index in [4.69, 9.17) is 0 Å². The molecular weight excluding hydrogens is 434 g/mol. The third kappa shape index (κ3) is 3.29. The fourth-order valence-electron chi connectivity index (χ4n) is 5.85. The summed E-state index contributed by atoms with van der Waals surface area (Å²) in [6, 6.07) is 15.8. The SMILES string of the molecule is CC1(C)/C(=C\C=C2\C(=O)N(c3ccccc3)N(C3C=CC=CC3)C2=O)N2CCCc3cccc1c32. The minimum Gasteiger partial charge on any atom is -0.344 e. The van der Waals surface area contributed by atoms with Crippen molar-refractivity contribution in [3.63, 3.8) is 0 Å². The van der Waals surface area contributed by atoms with Gasteiger partial charge in [0.1, 0.15) is 5.57 Å². The maximum atomic E-state index is 13.7. The highest BCUT2D eigenvalue weighted by atomic mass is 16.2. The van der Waals surface area contributed by atoms with Gasteiger partial charge in [0, 0.05) is 23.3 Å². The molecule has 3 heterocycles. The zero-order valence-corrected chi connectivity index (χ0v) is 20.1. The molecule has 3 aliphatic heterocycles. The molecule has 1 aliphatic carbocycles. The zero-order valence-electron chi connectivity index (χ0n) is 20.1. The molecule has 1 unspecified atom stereocenters. The van der Waals surface area contributed by atoms with Crippen LogP contribution in [0.4, 0.5) is 11.4 Å². The third-order valence-corrected chi connectivity index (χ3v) is 7.58. The van der Waals surface area contributed by atoms with Crippen LogP contribution in [0.25, 0.3) is 0 Å². The van der Waals surface area contributed by atoms with Crippen molar-refractivity contribution in [1.29, 1.82) is 0 Å². The monoisotopic (exact) mass is 463 g/mol. The number of para-hydroxylation sites is 2. The van der Waals surface area contributed by atoms with Crippen LogP contribution < -0.4 is 9.91 Å². The highest BCUT2D eigenvalue weighted by molar-refractivity contribution is 6.29. The Morgan fingerprint density at radius 2 is 1.77 bits per heavy atom. The van der Waals surface area contributed by atoms with E-state index in [2.05, 4.69) is 36.9 Å². The molecule has 0 bridgehead atoms. The number of hydrogen-bond donors (Lipinski definition) is 0. The largest absolute Gasteiger partial charge is 0.344 e. The molecule has 0 N–H and O–H groups in total. The maximum Gasteiger partial charge on any atom is 0.282 e. The molecule has 1 saturated heterocycles. The number of nitrogens with zero attached hydrogens (tertiary/aromatic N) is 3. The number of benzene rings is 2. The lowest BCUT2D eigenvalue weighted by atomic mass is 9.83. The van der Waals surface area contributed by atoms with E-state index >= 15 is 0 Å². The van der Waals surface area contributed by atoms with Crippen molar-refractivity contribution in [3.05, 3.63) is 107 Å². The molecule has 0 radical (unpaired) electrons. The second kappa shape index (κ2) is 8.12. The summed E-state index contributed by atoms with van der Waals surface area (Å²) in [5.41, 5.74) is 5.83. The highest BCUT2D eigenvalue weighted by Crippen LogP contribution is 2.51. The number of amides is 2. The molecule has 1 fully saturated rings. The molecule has 0 aromatic heterocycles. The van der Waals surface area contributed by atoms with E-state index < -0.39 is 0 Å². The van der Waals surface area contributed by atoms with Crippen LogP contribution in [0.2, 0.25) is 0 Å². The van der Waals surface area contributed by atoms with E-state index in [1.807, 2.05) is 60.7 Å². The Balaban J connectivity index is 1.42. The third-order valence-electron chi connectivity index (χ3n) is 7.58. The summed E-state index contributed by atoms with van der Waals surface area (Å²) in [6.07, 6.45) is 14.5. The average Bonchev–Trinajstić information content (AvgIpc) is 3.26. The van der Waals surface area contributed by atoms with Gasteiger partial charge >= 0.3 is 0 Å². The van der Waals surface area contributed by atoms with Gasteiger partial charge in [-0.3, -0.25) is 9.59 Å². The van der Waals surface area contributed by atoms with Gasteiger partial charge in [-0.05, 0) is 54.7 Å². The lowest BCUT2D eigenvalue weighted by molar-refractivity contribution is -0.126. The fourth-order valence-corrected chi connectivity index (χ4v) is 5.85. The minimum absolute atomic E-state index is 0.201. The normalized spacial score (nSPS) is 24.7. The van der Waals surface area contributed by atoms with Crippen molar-refractivity contribution in [3.8, 4) is 0 Å². The second-order valence-electron chi connectivity index (χ2n) is 10.0. The molecule has 35 heavy (non-hydrogen) atoms. The van der Waals surface area contributed by atoms with E-state index in [-0.39, 0.29) is 28.8 Å². The van der Waals surface area contributed by atoms with Gasteiger partial charge in [-0.1, -0.05) is 74.5 Å². The van der Waals surface area contributed by atoms with Crippen LogP contribution in [0, 0.1) is 0 Å². The van der Waals surface area contributed by atoms with Crippen LogP contribution in [0.15, 0.2) is 96.3 Å². The van der Waals surface area contributed by atoms with Crippen molar-refractivity contribution in [1.82, 2.24) is 5.01 Å². The standard InChI is InChI=1S/C30H29N3O2/c1-30(2)25-17-9-11-21-12-10-20-31(27(21)25)26(30)19-18-24-28(34)32(22-13-5-3-6-14-22)33(29(24)35)23-15-7-4-8-16-23/h3-9,11,13-15,17-19,23H,10,12,16,20H2,1-2H3/b24-18-,26-19+. The van der Waals surface area contributed by atoms with Crippen LogP contribution in [-0.4, -0.2) is 29.4 Å². The van der Waals surface area contributed by atoms with Gasteiger partial charge in [-0.25, -0.2) is 10.0 Å². The smallest absolute Gasteiger partial charge is 0.282 e. The van der Waals surface area contributed by atoms with Crippen LogP contribution in [0.5, 0.6) is 0 Å². The van der Waals surface area contributed by atoms with E-state index in [1.165, 1.54) is 21.8 Å². The summed E-state index contributed by atoms with van der Waals surface area (Å²) in [5.74, 6) is -0.540. The Bertz CT molecular complexity index is 1330. The zero-order chi connectivity index (χ0) is 24.2. The summed E-state index contributed by atoms with van der Waals surface area (Å²) < 4.78 is 0. The minimum atomic E-state index is -0.284. The van der Waals surface area contributed by atoms with Crippen molar-refractivity contribution >= 4 is 23.2 Å². The van der Waals surface area contributed by atoms with Crippen molar-refractivity contribution < 1.29 is 9.59 Å². The van der Waals surface area contributed by atoms with Crippen LogP contribution in [-0.2, 0) is 21.4 Å². The fraction of sp³-hybridized carbons (Fsp3) is 0.267. The predicted octanol–water partition coefficient (Wildman–Crippen LogP) is 5.22. The van der Waals surface area contributed by atoms with Gasteiger partial charge < -0.3 is 4.90 Å². The van der Waals surface area contributed by atoms with Crippen molar-refractivity contribution in [2.24, 2.45) is 0 Å². The second-order valence-corrected chi connectivity index (χ2v) is 10.0. The maximum absolute atomic E-state index is 13.7. The van der Waals surface area contributed by atoms with Crippen LogP contribution in [0.1, 0.15) is 37.8 Å². The van der Waals surface area contributed by atoms with E-state index in [1.54, 1.807) is 11.1 Å². The van der Waals surface area contributed by atoms with Gasteiger partial charge in [-0.2, -0.15) is 0 Å². The highest BCUT2D eigenvalue weighted by Gasteiger charge is 2.45. The Kier molecular flexibility index (Phi) is 5.03. The predicted molar refractivity (Wildman–Crippen MR) is 139 cm³/mol. The first-order valence-corrected chi connectivity index (χ1v) is 12.4. The van der Waals surface area contributed by atoms with Crippen molar-refractivity contribution in [2.45, 2.75) is 44.6 Å². The van der Waals surface area contributed by atoms with Crippen molar-refractivity contribution in [2.75, 3.05) is 16.5 Å². The molecule has 2 aromatic rings. The molecule has 2 amide bonds. The van der Waals surface area contributed by atoms with Gasteiger partial charge in [0.05, 0.1) is 11.7 Å². The van der Waals surface area contributed by atoms with E-state index in [9.17, 15) is 9.59 Å². The Morgan fingerprint density at radius 3 is 2.54 bits per heavy atom. The van der Waals surface area contributed by atoms with E-state index in [0.29, 0.717) is 12.1 Å². The van der Waals surface area contributed by atoms with Crippen LogP contribution >= 0.6 is 0 Å². The summed E-state index contributed by atoms with van der Waals surface area (Å²) in [4.78, 5) is 29.8.